The van der Waals surface area contributed by atoms with Gasteiger partial charge in [-0.05, 0) is 43.0 Å². The third kappa shape index (κ3) is 4.38. The van der Waals surface area contributed by atoms with Gasteiger partial charge in [0.25, 0.3) is 0 Å². The summed E-state index contributed by atoms with van der Waals surface area (Å²) in [6, 6.07) is 5.95. The first-order valence-corrected chi connectivity index (χ1v) is 12.2. The summed E-state index contributed by atoms with van der Waals surface area (Å²) in [7, 11) is 1.42. The third-order valence-corrected chi connectivity index (χ3v) is 7.52. The molecule has 8 heteroatoms. The average Bonchev–Trinajstić information content (AvgIpc) is 3.50. The number of carbonyl (C=O) groups is 1. The quantitative estimate of drug-likeness (QED) is 0.407. The number of anilines is 2. The molecule has 0 radical (unpaired) electrons. The van der Waals surface area contributed by atoms with Crippen molar-refractivity contribution in [1.82, 2.24) is 9.88 Å². The maximum Gasteiger partial charge on any atom is 0.409 e. The number of methoxy groups -OCH3 is 1. The van der Waals surface area contributed by atoms with E-state index in [1.54, 1.807) is 16.2 Å². The first-order chi connectivity index (χ1) is 15.5. The van der Waals surface area contributed by atoms with Crippen molar-refractivity contribution in [2.24, 2.45) is 0 Å². The lowest BCUT2D eigenvalue weighted by Crippen LogP contribution is -2.38. The minimum Gasteiger partial charge on any atom is -0.453 e. The molecule has 170 valence electrons. The first kappa shape index (κ1) is 22.7. The van der Waals surface area contributed by atoms with Gasteiger partial charge in [-0.1, -0.05) is 43.7 Å². The van der Waals surface area contributed by atoms with E-state index in [1.165, 1.54) is 31.2 Å². The van der Waals surface area contributed by atoms with E-state index in [0.29, 0.717) is 24.7 Å². The van der Waals surface area contributed by atoms with Crippen molar-refractivity contribution in [3.63, 3.8) is 0 Å². The summed E-state index contributed by atoms with van der Waals surface area (Å²) in [5.74, 6) is 0.761. The number of carbonyl (C=O) groups excluding carboxylic acids is 1. The van der Waals surface area contributed by atoms with Crippen molar-refractivity contribution in [2.45, 2.75) is 44.4 Å². The highest BCUT2D eigenvalue weighted by Gasteiger charge is 2.49. The zero-order valence-electron chi connectivity index (χ0n) is 18.6. The Labute approximate surface area is 198 Å². The molecule has 6 nitrogen and oxygen atoms in total. The maximum atomic E-state index is 12.2. The normalized spacial score (nSPS) is 19.2. The predicted molar refractivity (Wildman–Crippen MR) is 131 cm³/mol. The van der Waals surface area contributed by atoms with Crippen LogP contribution in [0.1, 0.15) is 43.0 Å². The molecule has 0 bridgehead atoms. The van der Waals surface area contributed by atoms with Crippen LogP contribution in [0.3, 0.4) is 0 Å². The van der Waals surface area contributed by atoms with Crippen LogP contribution in [0.15, 0.2) is 42.5 Å². The number of benzene rings is 1. The van der Waals surface area contributed by atoms with Gasteiger partial charge in [0.1, 0.15) is 0 Å². The van der Waals surface area contributed by atoms with E-state index in [1.807, 2.05) is 24.4 Å². The number of hydrogen-bond donors (Lipinski definition) is 1. The third-order valence-electron chi connectivity index (χ3n) is 6.31. The summed E-state index contributed by atoms with van der Waals surface area (Å²) in [6.07, 6.45) is 7.18. The van der Waals surface area contributed by atoms with Crippen LogP contribution in [0.4, 0.5) is 15.6 Å². The zero-order valence-corrected chi connectivity index (χ0v) is 20.2. The topological polar surface area (TPSA) is 57.7 Å². The summed E-state index contributed by atoms with van der Waals surface area (Å²) in [4.78, 5) is 21.9. The molecule has 3 heterocycles. The van der Waals surface area contributed by atoms with Crippen LogP contribution in [0.2, 0.25) is 5.02 Å². The fourth-order valence-corrected chi connectivity index (χ4v) is 5.71. The number of halogens is 1. The van der Waals surface area contributed by atoms with Gasteiger partial charge in [0.05, 0.1) is 7.11 Å². The van der Waals surface area contributed by atoms with Gasteiger partial charge in [-0.2, -0.15) is 0 Å². The highest BCUT2D eigenvalue weighted by molar-refractivity contribution is 7.15. The number of unbranched alkanes of at least 4 members (excludes halogenated alkanes) is 2. The number of rotatable bonds is 7. The van der Waals surface area contributed by atoms with Crippen LogP contribution >= 0.6 is 22.9 Å². The number of aryl methyl sites for hydroxylation is 1. The highest BCUT2D eigenvalue weighted by Crippen LogP contribution is 2.48. The van der Waals surface area contributed by atoms with Gasteiger partial charge in [0, 0.05) is 46.8 Å². The Morgan fingerprint density at radius 3 is 3.00 bits per heavy atom. The molecule has 0 saturated carbocycles. The van der Waals surface area contributed by atoms with Crippen LogP contribution < -0.4 is 10.2 Å². The lowest BCUT2D eigenvalue weighted by molar-refractivity contribution is 0.131. The Kier molecular flexibility index (Phi) is 6.79. The molecule has 1 amide bonds. The van der Waals surface area contributed by atoms with E-state index in [2.05, 4.69) is 34.4 Å². The molecule has 1 fully saturated rings. The Balaban J connectivity index is 1.57. The van der Waals surface area contributed by atoms with Crippen molar-refractivity contribution in [3.8, 4) is 0 Å². The molecule has 1 unspecified atom stereocenters. The molecule has 0 aliphatic carbocycles. The zero-order chi connectivity index (χ0) is 22.7. The second-order valence-electron chi connectivity index (χ2n) is 8.41. The Morgan fingerprint density at radius 1 is 1.41 bits per heavy atom. The molecule has 2 aliphatic rings. The van der Waals surface area contributed by atoms with Crippen LogP contribution in [-0.2, 0) is 16.6 Å². The number of fused-ring (bicyclic) bond motifs is 2. The molecular weight excluding hydrogens is 444 g/mol. The number of amides is 1. The number of nitrogens with one attached hydrogen (secondary N) is 1. The molecule has 1 spiro atoms. The molecular formula is C24H29ClN4O2S. The fraction of sp³-hybridized carbons (Fsp3) is 0.458. The standard InChI is InChI=1S/C24H29ClN4O2S/c1-4-6-7-8-18-14-26-22(32-18)27-21(5-2)29-16-24(11-12-28(15-24)23(30)31-3)19-13-17(25)9-10-20(19)29/h9-10,13-14H,2,4,6-8,11-12,15-16H2,1,3H3,(H,26,27). The van der Waals surface area contributed by atoms with E-state index in [-0.39, 0.29) is 11.5 Å². The second kappa shape index (κ2) is 9.57. The van der Waals surface area contributed by atoms with Crippen molar-refractivity contribution < 1.29 is 9.53 Å². The maximum absolute atomic E-state index is 12.2. The number of aromatic nitrogens is 1. The molecule has 1 N–H and O–H groups in total. The Bertz CT molecular complexity index is 1050. The lowest BCUT2D eigenvalue weighted by atomic mass is 9.81. The predicted octanol–water partition coefficient (Wildman–Crippen LogP) is 5.80. The van der Waals surface area contributed by atoms with Gasteiger partial charge in [-0.3, -0.25) is 0 Å². The molecule has 4 rings (SSSR count). The monoisotopic (exact) mass is 472 g/mol. The Morgan fingerprint density at radius 2 is 2.25 bits per heavy atom. The van der Waals surface area contributed by atoms with Crippen LogP contribution in [0, 0.1) is 0 Å². The minimum atomic E-state index is -0.292. The van der Waals surface area contributed by atoms with Crippen LogP contribution in [-0.4, -0.2) is 42.7 Å². The van der Waals surface area contributed by atoms with E-state index in [9.17, 15) is 4.79 Å². The van der Waals surface area contributed by atoms with E-state index >= 15 is 0 Å². The lowest BCUT2D eigenvalue weighted by Gasteiger charge is -2.26. The average molecular weight is 473 g/mol. The van der Waals surface area contributed by atoms with E-state index in [0.717, 1.165) is 35.0 Å². The molecule has 2 aromatic rings. The fourth-order valence-electron chi connectivity index (χ4n) is 4.69. The second-order valence-corrected chi connectivity index (χ2v) is 9.96. The van der Waals surface area contributed by atoms with Crippen molar-refractivity contribution in [2.75, 3.05) is 37.0 Å². The highest BCUT2D eigenvalue weighted by atomic mass is 35.5. The molecule has 32 heavy (non-hydrogen) atoms. The van der Waals surface area contributed by atoms with Crippen LogP contribution in [0.25, 0.3) is 0 Å². The number of thiazole rings is 1. The van der Waals surface area contributed by atoms with Crippen molar-refractivity contribution in [1.29, 1.82) is 0 Å². The van der Waals surface area contributed by atoms with Gasteiger partial charge in [-0.25, -0.2) is 9.78 Å². The van der Waals surface area contributed by atoms with Gasteiger partial charge >= 0.3 is 6.09 Å². The number of ether oxygens (including phenoxy) is 1. The first-order valence-electron chi connectivity index (χ1n) is 11.0. The molecule has 1 aromatic carbocycles. The number of likely N-dealkylation sites (tertiary alicyclic amines) is 1. The smallest absolute Gasteiger partial charge is 0.409 e. The summed E-state index contributed by atoms with van der Waals surface area (Å²) in [6.45, 7) is 8.09. The number of hydrogen-bond acceptors (Lipinski definition) is 6. The van der Waals surface area contributed by atoms with E-state index in [4.69, 9.17) is 16.3 Å². The molecule has 2 aliphatic heterocycles. The summed E-state index contributed by atoms with van der Waals surface area (Å²) < 4.78 is 4.96. The van der Waals surface area contributed by atoms with Crippen LogP contribution in [0.5, 0.6) is 0 Å². The summed E-state index contributed by atoms with van der Waals surface area (Å²) >= 11 is 8.05. The number of nitrogens with zero attached hydrogens (tertiary/aromatic N) is 3. The SMILES string of the molecule is C=C=C(Nc1ncc(CCCCC)s1)N1CC2(CCN(C(=O)OC)C2)c2cc(Cl)ccc21. The minimum absolute atomic E-state index is 0.216. The molecule has 1 atom stereocenters. The van der Waals surface area contributed by atoms with Crippen molar-refractivity contribution in [3.05, 3.63) is 58.0 Å². The molecule has 1 aromatic heterocycles. The van der Waals surface area contributed by atoms with Gasteiger partial charge in [0.15, 0.2) is 11.0 Å². The largest absolute Gasteiger partial charge is 0.453 e. The van der Waals surface area contributed by atoms with Gasteiger partial charge in [0.2, 0.25) is 0 Å². The summed E-state index contributed by atoms with van der Waals surface area (Å²) in [5.41, 5.74) is 5.05. The Hall–Kier alpha value is -2.47. The summed E-state index contributed by atoms with van der Waals surface area (Å²) in [5, 5.41) is 4.95. The molecule has 1 saturated heterocycles. The van der Waals surface area contributed by atoms with Crippen molar-refractivity contribution >= 4 is 39.8 Å². The van der Waals surface area contributed by atoms with Gasteiger partial charge < -0.3 is 19.9 Å². The van der Waals surface area contributed by atoms with Gasteiger partial charge in [-0.15, -0.1) is 11.3 Å². The van der Waals surface area contributed by atoms with E-state index < -0.39 is 0 Å².